The van der Waals surface area contributed by atoms with Crippen molar-refractivity contribution >= 4 is 21.9 Å². The van der Waals surface area contributed by atoms with Gasteiger partial charge in [0, 0.05) is 19.2 Å². The predicted molar refractivity (Wildman–Crippen MR) is 96.7 cm³/mol. The maximum absolute atomic E-state index is 13.6. The number of aliphatic imine (C=N–C) groups is 1. The lowest BCUT2D eigenvalue weighted by Crippen LogP contribution is -2.44. The zero-order chi connectivity index (χ0) is 17.4. The van der Waals surface area contributed by atoms with Crippen molar-refractivity contribution in [1.29, 1.82) is 0 Å². The van der Waals surface area contributed by atoms with Crippen molar-refractivity contribution in [2.75, 3.05) is 26.4 Å². The molecule has 2 rings (SSSR count). The summed E-state index contributed by atoms with van der Waals surface area (Å²) in [5.41, 5.74) is 0.819. The van der Waals surface area contributed by atoms with E-state index in [2.05, 4.69) is 31.6 Å². The van der Waals surface area contributed by atoms with Crippen molar-refractivity contribution in [1.82, 2.24) is 10.6 Å². The highest BCUT2D eigenvalue weighted by molar-refractivity contribution is 9.10. The smallest absolute Gasteiger partial charge is 0.191 e. The Labute approximate surface area is 151 Å². The van der Waals surface area contributed by atoms with Crippen LogP contribution in [0, 0.1) is 5.82 Å². The number of guanidine groups is 1. The highest BCUT2D eigenvalue weighted by Gasteiger charge is 2.17. The highest BCUT2D eigenvalue weighted by atomic mass is 79.9. The molecule has 0 aliphatic carbocycles. The Balaban J connectivity index is 1.85. The molecule has 0 bridgehead atoms. The van der Waals surface area contributed by atoms with Gasteiger partial charge in [-0.05, 0) is 53.9 Å². The Bertz CT molecular complexity index is 551. The number of ether oxygens (including phenoxy) is 2. The third-order valence-corrected chi connectivity index (χ3v) is 4.24. The number of hydrogen-bond donors (Lipinski definition) is 2. The average molecular weight is 402 g/mol. The van der Waals surface area contributed by atoms with Crippen molar-refractivity contribution in [3.8, 4) is 0 Å². The van der Waals surface area contributed by atoms with E-state index >= 15 is 0 Å². The second-order valence-corrected chi connectivity index (χ2v) is 6.66. The molecule has 5 nitrogen and oxygen atoms in total. The van der Waals surface area contributed by atoms with Crippen molar-refractivity contribution in [2.24, 2.45) is 4.99 Å². The second-order valence-electron chi connectivity index (χ2n) is 5.81. The first kappa shape index (κ1) is 19.1. The van der Waals surface area contributed by atoms with Gasteiger partial charge in [-0.2, -0.15) is 0 Å². The van der Waals surface area contributed by atoms with Crippen LogP contribution < -0.4 is 10.6 Å². The average Bonchev–Trinajstić information content (AvgIpc) is 3.07. The molecule has 0 saturated carbocycles. The van der Waals surface area contributed by atoms with Gasteiger partial charge in [-0.3, -0.25) is 0 Å². The third-order valence-electron chi connectivity index (χ3n) is 3.60. The van der Waals surface area contributed by atoms with Crippen LogP contribution in [0.25, 0.3) is 0 Å². The van der Waals surface area contributed by atoms with Crippen molar-refractivity contribution in [3.05, 3.63) is 34.1 Å². The van der Waals surface area contributed by atoms with Crippen LogP contribution in [0.2, 0.25) is 0 Å². The standard InChI is InChI=1S/C17H25BrFN3O2/c1-3-20-17(21-9-13-4-5-15(18)16(19)8-13)22-12(2)10-24-14-6-7-23-11-14/h4-5,8,12,14H,3,6-7,9-11H2,1-2H3,(H2,20,21,22). The molecule has 1 aliphatic rings. The van der Waals surface area contributed by atoms with Gasteiger partial charge in [0.15, 0.2) is 5.96 Å². The Hall–Kier alpha value is -1.18. The fourth-order valence-electron chi connectivity index (χ4n) is 2.33. The van der Waals surface area contributed by atoms with Gasteiger partial charge in [0.05, 0.1) is 30.3 Å². The minimum atomic E-state index is -0.277. The van der Waals surface area contributed by atoms with Crippen LogP contribution in [0.4, 0.5) is 4.39 Å². The summed E-state index contributed by atoms with van der Waals surface area (Å²) >= 11 is 3.15. The van der Waals surface area contributed by atoms with Crippen LogP contribution in [-0.2, 0) is 16.0 Å². The minimum absolute atomic E-state index is 0.116. The molecule has 2 N–H and O–H groups in total. The van der Waals surface area contributed by atoms with E-state index in [-0.39, 0.29) is 18.0 Å². The first-order valence-electron chi connectivity index (χ1n) is 8.26. The summed E-state index contributed by atoms with van der Waals surface area (Å²) in [7, 11) is 0. The lowest BCUT2D eigenvalue weighted by atomic mass is 10.2. The van der Waals surface area contributed by atoms with Gasteiger partial charge in [-0.1, -0.05) is 6.07 Å². The monoisotopic (exact) mass is 401 g/mol. The van der Waals surface area contributed by atoms with E-state index in [9.17, 15) is 4.39 Å². The largest absolute Gasteiger partial charge is 0.379 e. The molecule has 2 unspecified atom stereocenters. The molecule has 0 radical (unpaired) electrons. The molecule has 1 fully saturated rings. The quantitative estimate of drug-likeness (QED) is 0.544. The number of nitrogens with zero attached hydrogens (tertiary/aromatic N) is 1. The molecule has 1 saturated heterocycles. The number of halogens is 2. The number of rotatable bonds is 7. The Morgan fingerprint density at radius 2 is 2.38 bits per heavy atom. The Morgan fingerprint density at radius 1 is 1.54 bits per heavy atom. The first-order chi connectivity index (χ1) is 11.6. The van der Waals surface area contributed by atoms with Gasteiger partial charge in [-0.25, -0.2) is 9.38 Å². The van der Waals surface area contributed by atoms with Crippen LogP contribution in [0.1, 0.15) is 25.8 Å². The molecular formula is C17H25BrFN3O2. The van der Waals surface area contributed by atoms with Crippen LogP contribution in [-0.4, -0.2) is 44.5 Å². The summed E-state index contributed by atoms with van der Waals surface area (Å²) in [6, 6.07) is 5.15. The first-order valence-corrected chi connectivity index (χ1v) is 9.06. The number of benzene rings is 1. The summed E-state index contributed by atoms with van der Waals surface area (Å²) < 4.78 is 25.1. The lowest BCUT2D eigenvalue weighted by Gasteiger charge is -2.19. The lowest BCUT2D eigenvalue weighted by molar-refractivity contribution is 0.0347. The van der Waals surface area contributed by atoms with Crippen molar-refractivity contribution in [3.63, 3.8) is 0 Å². The molecule has 7 heteroatoms. The van der Waals surface area contributed by atoms with Crippen molar-refractivity contribution < 1.29 is 13.9 Å². The molecular weight excluding hydrogens is 377 g/mol. The number of hydrogen-bond acceptors (Lipinski definition) is 3. The second kappa shape index (κ2) is 9.96. The van der Waals surface area contributed by atoms with Crippen LogP contribution in [0.3, 0.4) is 0 Å². The molecule has 0 spiro atoms. The summed E-state index contributed by atoms with van der Waals surface area (Å²) in [6.45, 7) is 7.26. The van der Waals surface area contributed by atoms with Gasteiger partial charge in [-0.15, -0.1) is 0 Å². The van der Waals surface area contributed by atoms with Gasteiger partial charge < -0.3 is 20.1 Å². The van der Waals surface area contributed by atoms with E-state index in [0.717, 1.165) is 25.1 Å². The highest BCUT2D eigenvalue weighted by Crippen LogP contribution is 2.16. The molecule has 1 heterocycles. The maximum Gasteiger partial charge on any atom is 0.191 e. The zero-order valence-corrected chi connectivity index (χ0v) is 15.7. The van der Waals surface area contributed by atoms with Gasteiger partial charge in [0.2, 0.25) is 0 Å². The van der Waals surface area contributed by atoms with Crippen LogP contribution in [0.5, 0.6) is 0 Å². The fourth-order valence-corrected chi connectivity index (χ4v) is 2.57. The SMILES string of the molecule is CCNC(=NCc1ccc(Br)c(F)c1)NC(C)COC1CCOC1. The summed E-state index contributed by atoms with van der Waals surface area (Å²) in [5.74, 6) is 0.417. The Morgan fingerprint density at radius 3 is 3.04 bits per heavy atom. The third kappa shape index (κ3) is 6.37. The van der Waals surface area contributed by atoms with E-state index in [4.69, 9.17) is 9.47 Å². The molecule has 134 valence electrons. The fraction of sp³-hybridized carbons (Fsp3) is 0.588. The predicted octanol–water partition coefficient (Wildman–Crippen LogP) is 2.84. The van der Waals surface area contributed by atoms with E-state index in [1.54, 1.807) is 6.07 Å². The van der Waals surface area contributed by atoms with E-state index in [1.807, 2.05) is 19.9 Å². The maximum atomic E-state index is 13.6. The molecule has 1 aliphatic heterocycles. The van der Waals surface area contributed by atoms with Crippen LogP contribution in [0.15, 0.2) is 27.7 Å². The normalized spacial score (nSPS) is 19.3. The molecule has 0 amide bonds. The van der Waals surface area contributed by atoms with E-state index < -0.39 is 0 Å². The molecule has 24 heavy (non-hydrogen) atoms. The molecule has 2 atom stereocenters. The topological polar surface area (TPSA) is 54.9 Å². The number of nitrogens with one attached hydrogen (secondary N) is 2. The van der Waals surface area contributed by atoms with E-state index in [1.165, 1.54) is 6.07 Å². The summed E-state index contributed by atoms with van der Waals surface area (Å²) in [4.78, 5) is 4.51. The molecule has 0 aromatic heterocycles. The van der Waals surface area contributed by atoms with Crippen molar-refractivity contribution in [2.45, 2.75) is 39.0 Å². The van der Waals surface area contributed by atoms with Crippen LogP contribution >= 0.6 is 15.9 Å². The van der Waals surface area contributed by atoms with Gasteiger partial charge in [0.25, 0.3) is 0 Å². The summed E-state index contributed by atoms with van der Waals surface area (Å²) in [5, 5.41) is 6.50. The zero-order valence-electron chi connectivity index (χ0n) is 14.1. The van der Waals surface area contributed by atoms with E-state index in [0.29, 0.717) is 30.2 Å². The summed E-state index contributed by atoms with van der Waals surface area (Å²) in [6.07, 6.45) is 1.15. The molecule has 1 aromatic rings. The van der Waals surface area contributed by atoms with Gasteiger partial charge in [0.1, 0.15) is 5.82 Å². The minimum Gasteiger partial charge on any atom is -0.379 e. The Kier molecular flexibility index (Phi) is 7.94. The molecule has 1 aromatic carbocycles. The van der Waals surface area contributed by atoms with Gasteiger partial charge >= 0.3 is 0 Å².